The van der Waals surface area contributed by atoms with Crippen LogP contribution in [-0.2, 0) is 5.41 Å². The molecule has 0 amide bonds. The van der Waals surface area contributed by atoms with Crippen molar-refractivity contribution in [2.45, 2.75) is 19.3 Å². The molecule has 1 aliphatic carbocycles. The third-order valence-corrected chi connectivity index (χ3v) is 13.4. The number of hydrogen-bond donors (Lipinski definition) is 0. The molecule has 0 saturated heterocycles. The van der Waals surface area contributed by atoms with Gasteiger partial charge >= 0.3 is 0 Å². The molecule has 292 valence electrons. The molecule has 1 nitrogen and oxygen atoms in total. The van der Waals surface area contributed by atoms with Crippen LogP contribution in [0.3, 0.4) is 0 Å². The number of benzene rings is 11. The van der Waals surface area contributed by atoms with Crippen molar-refractivity contribution < 1.29 is 0 Å². The van der Waals surface area contributed by atoms with Gasteiger partial charge in [0.2, 0.25) is 0 Å². The first kappa shape index (κ1) is 36.1. The molecule has 0 bridgehead atoms. The maximum Gasteiger partial charge on any atom is 0.0546 e. The minimum absolute atomic E-state index is 0.156. The first-order chi connectivity index (χ1) is 30.5. The molecule has 0 unspecified atom stereocenters. The lowest BCUT2D eigenvalue weighted by Crippen LogP contribution is -2.15. The van der Waals surface area contributed by atoms with Gasteiger partial charge in [-0.3, -0.25) is 0 Å². The molecule has 11 aromatic rings. The van der Waals surface area contributed by atoms with Gasteiger partial charge in [-0.05, 0) is 130 Å². The van der Waals surface area contributed by atoms with Crippen LogP contribution >= 0.6 is 0 Å². The summed E-state index contributed by atoms with van der Waals surface area (Å²) >= 11 is 0. The predicted molar refractivity (Wildman–Crippen MR) is 265 cm³/mol. The second-order valence-corrected chi connectivity index (χ2v) is 17.2. The lowest BCUT2D eigenvalue weighted by atomic mass is 9.81. The van der Waals surface area contributed by atoms with Crippen LogP contribution in [0.25, 0.3) is 87.6 Å². The average Bonchev–Trinajstić information content (AvgIpc) is 3.57. The van der Waals surface area contributed by atoms with E-state index in [1.54, 1.807) is 0 Å². The van der Waals surface area contributed by atoms with Crippen LogP contribution in [0.5, 0.6) is 0 Å². The normalized spacial score (nSPS) is 12.8. The van der Waals surface area contributed by atoms with Crippen molar-refractivity contribution in [2.75, 3.05) is 4.90 Å². The highest BCUT2D eigenvalue weighted by atomic mass is 15.1. The molecular weight excluding hydrogens is 747 g/mol. The molecule has 1 aliphatic rings. The van der Waals surface area contributed by atoms with Gasteiger partial charge in [0.25, 0.3) is 0 Å². The van der Waals surface area contributed by atoms with Gasteiger partial charge in [-0.15, -0.1) is 0 Å². The summed E-state index contributed by atoms with van der Waals surface area (Å²) in [5.74, 6) is 0. The number of rotatable bonds is 6. The summed E-state index contributed by atoms with van der Waals surface area (Å²) in [5.41, 5.74) is 15.8. The van der Waals surface area contributed by atoms with Crippen LogP contribution in [0.1, 0.15) is 25.0 Å². The second kappa shape index (κ2) is 14.2. The molecule has 62 heavy (non-hydrogen) atoms. The smallest absolute Gasteiger partial charge is 0.0546 e. The molecule has 12 rings (SSSR count). The van der Waals surface area contributed by atoms with Gasteiger partial charge in [0.05, 0.1) is 5.69 Å². The average molecular weight is 790 g/mol. The quantitative estimate of drug-likeness (QED) is 0.152. The van der Waals surface area contributed by atoms with E-state index >= 15 is 0 Å². The Morgan fingerprint density at radius 2 is 0.887 bits per heavy atom. The van der Waals surface area contributed by atoms with Crippen molar-refractivity contribution in [3.8, 4) is 44.5 Å². The van der Waals surface area contributed by atoms with E-state index in [-0.39, 0.29) is 5.41 Å². The van der Waals surface area contributed by atoms with Crippen LogP contribution in [0.4, 0.5) is 17.1 Å². The molecule has 0 atom stereocenters. The second-order valence-electron chi connectivity index (χ2n) is 17.2. The number of anilines is 3. The Kier molecular flexibility index (Phi) is 8.27. The minimum atomic E-state index is -0.156. The fourth-order valence-electron chi connectivity index (χ4n) is 10.5. The van der Waals surface area contributed by atoms with Crippen molar-refractivity contribution in [2.24, 2.45) is 0 Å². The summed E-state index contributed by atoms with van der Waals surface area (Å²) in [5, 5.41) is 10.2. The lowest BCUT2D eigenvalue weighted by molar-refractivity contribution is 0.661. The molecule has 0 radical (unpaired) electrons. The fourth-order valence-corrected chi connectivity index (χ4v) is 10.5. The third kappa shape index (κ3) is 5.62. The van der Waals surface area contributed by atoms with E-state index in [0.717, 1.165) is 17.1 Å². The van der Waals surface area contributed by atoms with Gasteiger partial charge in [0, 0.05) is 22.4 Å². The zero-order valence-electron chi connectivity index (χ0n) is 34.8. The Morgan fingerprint density at radius 3 is 1.61 bits per heavy atom. The zero-order chi connectivity index (χ0) is 41.4. The van der Waals surface area contributed by atoms with Crippen LogP contribution in [-0.4, -0.2) is 0 Å². The molecule has 0 fully saturated rings. The van der Waals surface area contributed by atoms with Crippen molar-refractivity contribution in [1.29, 1.82) is 0 Å². The molecular formula is C61H43N. The van der Waals surface area contributed by atoms with Gasteiger partial charge in [0.1, 0.15) is 0 Å². The van der Waals surface area contributed by atoms with E-state index in [9.17, 15) is 0 Å². The number of nitrogens with zero attached hydrogens (tertiary/aromatic N) is 1. The van der Waals surface area contributed by atoms with Crippen LogP contribution in [0.15, 0.2) is 224 Å². The Labute approximate surface area is 362 Å². The molecule has 11 aromatic carbocycles. The highest BCUT2D eigenvalue weighted by molar-refractivity contribution is 6.26. The first-order valence-electron chi connectivity index (χ1n) is 21.7. The Bertz CT molecular complexity index is 3510. The van der Waals surface area contributed by atoms with E-state index in [1.807, 2.05) is 0 Å². The SMILES string of the molecule is CC1(C)c2cc(-c3cccc(N(c4cccc(-c5ccccc5)c4)c4ccc5c6ccccc6c6ccccc6c5c4)c3-c3ccccc3)ccc2-c2c1ccc1ccccc21. The minimum Gasteiger partial charge on any atom is -0.310 e. The topological polar surface area (TPSA) is 3.24 Å². The van der Waals surface area contributed by atoms with Gasteiger partial charge in [-0.1, -0.05) is 202 Å². The highest BCUT2D eigenvalue weighted by Gasteiger charge is 2.37. The van der Waals surface area contributed by atoms with E-state index in [4.69, 9.17) is 0 Å². The van der Waals surface area contributed by atoms with Crippen molar-refractivity contribution in [3.05, 3.63) is 236 Å². The summed E-state index contributed by atoms with van der Waals surface area (Å²) in [7, 11) is 0. The largest absolute Gasteiger partial charge is 0.310 e. The van der Waals surface area contributed by atoms with Gasteiger partial charge in [0.15, 0.2) is 0 Å². The van der Waals surface area contributed by atoms with E-state index < -0.39 is 0 Å². The van der Waals surface area contributed by atoms with Crippen LogP contribution < -0.4 is 4.90 Å². The Balaban J connectivity index is 1.12. The van der Waals surface area contributed by atoms with Gasteiger partial charge in [-0.2, -0.15) is 0 Å². The van der Waals surface area contributed by atoms with Crippen molar-refractivity contribution in [1.82, 2.24) is 0 Å². The predicted octanol–water partition coefficient (Wildman–Crippen LogP) is 17.1. The number of fused-ring (bicyclic) bond motifs is 11. The number of hydrogen-bond acceptors (Lipinski definition) is 1. The van der Waals surface area contributed by atoms with Crippen molar-refractivity contribution >= 4 is 60.2 Å². The van der Waals surface area contributed by atoms with Gasteiger partial charge in [-0.25, -0.2) is 0 Å². The summed E-state index contributed by atoms with van der Waals surface area (Å²) in [6, 6.07) is 83.0. The van der Waals surface area contributed by atoms with Gasteiger partial charge < -0.3 is 4.90 Å². The Hall–Kier alpha value is -7.74. The first-order valence-corrected chi connectivity index (χ1v) is 21.7. The highest BCUT2D eigenvalue weighted by Crippen LogP contribution is 2.54. The molecule has 0 spiro atoms. The standard InChI is InChI=1S/C61H43N/c1-61(2)56-36-32-41-19-9-10-24-47(41)60(56)54-34-31-44(38-57(54)61)48-29-16-30-58(59(48)42-20-7-4-8-21-42)62(45-23-15-22-43(37-45)40-17-5-3-6-18-40)46-33-35-53-51-27-12-11-25-49(51)50-26-13-14-28-52(50)55(53)39-46/h3-39H,1-2H3. The molecule has 0 aliphatic heterocycles. The van der Waals surface area contributed by atoms with E-state index in [0.29, 0.717) is 0 Å². The summed E-state index contributed by atoms with van der Waals surface area (Å²) in [4.78, 5) is 2.49. The maximum absolute atomic E-state index is 2.49. The van der Waals surface area contributed by atoms with Crippen LogP contribution in [0, 0.1) is 0 Å². The molecule has 0 saturated carbocycles. The molecule has 1 heteroatoms. The van der Waals surface area contributed by atoms with E-state index in [2.05, 4.69) is 243 Å². The fraction of sp³-hybridized carbons (Fsp3) is 0.0492. The Morgan fingerprint density at radius 1 is 0.306 bits per heavy atom. The van der Waals surface area contributed by atoms with Crippen LogP contribution in [0.2, 0.25) is 0 Å². The molecule has 0 N–H and O–H groups in total. The summed E-state index contributed by atoms with van der Waals surface area (Å²) in [6.45, 7) is 4.78. The zero-order valence-corrected chi connectivity index (χ0v) is 34.8. The summed E-state index contributed by atoms with van der Waals surface area (Å²) in [6.07, 6.45) is 0. The molecule has 0 aromatic heterocycles. The summed E-state index contributed by atoms with van der Waals surface area (Å²) < 4.78 is 0. The third-order valence-electron chi connectivity index (χ3n) is 13.4. The lowest BCUT2D eigenvalue weighted by Gasteiger charge is -2.30. The van der Waals surface area contributed by atoms with Crippen molar-refractivity contribution in [3.63, 3.8) is 0 Å². The monoisotopic (exact) mass is 789 g/mol. The van der Waals surface area contributed by atoms with E-state index in [1.165, 1.54) is 98.7 Å². The molecule has 0 heterocycles. The maximum atomic E-state index is 2.49.